The highest BCUT2D eigenvalue weighted by Gasteiger charge is 2.45. The first-order valence-corrected chi connectivity index (χ1v) is 11.8. The van der Waals surface area contributed by atoms with Gasteiger partial charge in [0.15, 0.2) is 0 Å². The van der Waals surface area contributed by atoms with Crippen molar-refractivity contribution in [3.63, 3.8) is 0 Å². The second kappa shape index (κ2) is 10.8. The molecule has 0 bridgehead atoms. The second-order valence-electron chi connectivity index (χ2n) is 9.23. The van der Waals surface area contributed by atoms with E-state index in [1.165, 1.54) is 10.7 Å². The molecule has 0 saturated carbocycles. The molecule has 8 nitrogen and oxygen atoms in total. The lowest BCUT2D eigenvalue weighted by Crippen LogP contribution is -2.60. The van der Waals surface area contributed by atoms with Gasteiger partial charge in [0.2, 0.25) is 12.2 Å². The number of ether oxygens (including phenoxy) is 2. The maximum atomic E-state index is 13.5. The molecule has 3 aromatic rings. The van der Waals surface area contributed by atoms with Crippen LogP contribution < -0.4 is 4.74 Å². The van der Waals surface area contributed by atoms with Gasteiger partial charge in [0, 0.05) is 23.6 Å². The molecule has 1 fully saturated rings. The third-order valence-electron chi connectivity index (χ3n) is 6.22. The molecule has 11 heteroatoms. The molecule has 4 N–H and O–H groups in total. The van der Waals surface area contributed by atoms with E-state index in [4.69, 9.17) is 9.47 Å². The fourth-order valence-corrected chi connectivity index (χ4v) is 4.30. The molecule has 1 aliphatic rings. The minimum atomic E-state index is -4.55. The van der Waals surface area contributed by atoms with Crippen molar-refractivity contribution >= 4 is 0 Å². The fraction of sp³-hybridized carbons (Fsp3) is 0.423. The highest BCUT2D eigenvalue weighted by atomic mass is 19.4. The van der Waals surface area contributed by atoms with Gasteiger partial charge < -0.3 is 29.9 Å². The Kier molecular flexibility index (Phi) is 7.91. The molecule has 37 heavy (non-hydrogen) atoms. The topological polar surface area (TPSA) is 117 Å². The summed E-state index contributed by atoms with van der Waals surface area (Å²) in [5, 5.41) is 44.8. The predicted octanol–water partition coefficient (Wildman–Crippen LogP) is 2.92. The van der Waals surface area contributed by atoms with Gasteiger partial charge in [-0.1, -0.05) is 42.5 Å². The van der Waals surface area contributed by atoms with Crippen LogP contribution in [-0.2, 0) is 17.3 Å². The average molecular weight is 523 g/mol. The van der Waals surface area contributed by atoms with Crippen LogP contribution in [0.2, 0.25) is 0 Å². The van der Waals surface area contributed by atoms with E-state index in [1.54, 1.807) is 6.07 Å². The average Bonchev–Trinajstić information content (AvgIpc) is 3.22. The fourth-order valence-electron chi connectivity index (χ4n) is 4.30. The normalized spacial score (nSPS) is 24.4. The number of rotatable bonds is 7. The van der Waals surface area contributed by atoms with Crippen LogP contribution in [0.15, 0.2) is 54.6 Å². The van der Waals surface area contributed by atoms with E-state index in [9.17, 15) is 33.6 Å². The standard InChI is InChI=1S/C26H29F3N2O6/c1-14(2)31-20(16-9-6-10-17(12-16)26(27,28)29)18(11-15-7-4-3-5-8-15)24(30-31)37-25-23(35)22(34)21(33)19(13-32)36-25/h3-10,12,14,19,21-23,25,32-35H,11,13H2,1-2H3/t19-,21-,22+,23-,25+/m1/s1. The minimum absolute atomic E-state index is 0.0192. The number of hydrogen-bond acceptors (Lipinski definition) is 7. The van der Waals surface area contributed by atoms with Crippen molar-refractivity contribution in [1.29, 1.82) is 0 Å². The number of aliphatic hydroxyl groups excluding tert-OH is 4. The van der Waals surface area contributed by atoms with Crippen LogP contribution in [0, 0.1) is 0 Å². The van der Waals surface area contributed by atoms with Crippen LogP contribution in [-0.4, -0.2) is 67.5 Å². The van der Waals surface area contributed by atoms with Gasteiger partial charge in [0.05, 0.1) is 17.9 Å². The number of halogens is 3. The van der Waals surface area contributed by atoms with Crippen molar-refractivity contribution < 1.29 is 43.1 Å². The number of alkyl halides is 3. The van der Waals surface area contributed by atoms with Crippen molar-refractivity contribution in [2.75, 3.05) is 6.61 Å². The van der Waals surface area contributed by atoms with Gasteiger partial charge in [-0.2, -0.15) is 13.2 Å². The molecule has 4 rings (SSSR count). The third kappa shape index (κ3) is 5.65. The number of aliphatic hydroxyl groups is 4. The molecule has 0 radical (unpaired) electrons. The molecule has 0 unspecified atom stereocenters. The maximum Gasteiger partial charge on any atom is 0.416 e. The molecule has 1 aliphatic heterocycles. The predicted molar refractivity (Wildman–Crippen MR) is 127 cm³/mol. The maximum absolute atomic E-state index is 13.5. The Hall–Kier alpha value is -2.96. The summed E-state index contributed by atoms with van der Waals surface area (Å²) in [6, 6.07) is 13.8. The summed E-state index contributed by atoms with van der Waals surface area (Å²) in [5.74, 6) is -0.0192. The summed E-state index contributed by atoms with van der Waals surface area (Å²) in [4.78, 5) is 0. The van der Waals surface area contributed by atoms with Gasteiger partial charge >= 0.3 is 6.18 Å². The zero-order chi connectivity index (χ0) is 26.9. The van der Waals surface area contributed by atoms with Crippen molar-refractivity contribution in [1.82, 2.24) is 9.78 Å². The largest absolute Gasteiger partial charge is 0.443 e. The van der Waals surface area contributed by atoms with Crippen molar-refractivity contribution in [3.05, 3.63) is 71.3 Å². The summed E-state index contributed by atoms with van der Waals surface area (Å²) < 4.78 is 53.5. The second-order valence-corrected chi connectivity index (χ2v) is 9.23. The Bertz CT molecular complexity index is 1200. The summed E-state index contributed by atoms with van der Waals surface area (Å²) in [5.41, 5.74) is 1.12. The van der Waals surface area contributed by atoms with Crippen LogP contribution in [0.5, 0.6) is 5.88 Å². The first-order chi connectivity index (χ1) is 17.5. The van der Waals surface area contributed by atoms with E-state index in [-0.39, 0.29) is 23.9 Å². The van der Waals surface area contributed by atoms with Gasteiger partial charge in [0.25, 0.3) is 0 Å². The van der Waals surface area contributed by atoms with Gasteiger partial charge in [-0.25, -0.2) is 0 Å². The van der Waals surface area contributed by atoms with Crippen LogP contribution >= 0.6 is 0 Å². The van der Waals surface area contributed by atoms with E-state index in [0.29, 0.717) is 11.3 Å². The third-order valence-corrected chi connectivity index (χ3v) is 6.22. The zero-order valence-electron chi connectivity index (χ0n) is 20.2. The van der Waals surface area contributed by atoms with Crippen LogP contribution in [0.25, 0.3) is 11.3 Å². The number of hydrogen-bond donors (Lipinski definition) is 4. The molecule has 2 aromatic carbocycles. The summed E-state index contributed by atoms with van der Waals surface area (Å²) in [7, 11) is 0. The van der Waals surface area contributed by atoms with Crippen LogP contribution in [0.3, 0.4) is 0 Å². The molecule has 1 saturated heterocycles. The van der Waals surface area contributed by atoms with Gasteiger partial charge in [-0.15, -0.1) is 5.10 Å². The lowest BCUT2D eigenvalue weighted by Gasteiger charge is -2.39. The molecule has 5 atom stereocenters. The molecule has 200 valence electrons. The van der Waals surface area contributed by atoms with E-state index >= 15 is 0 Å². The van der Waals surface area contributed by atoms with Gasteiger partial charge in [-0.3, -0.25) is 4.68 Å². The number of aromatic nitrogens is 2. The lowest BCUT2D eigenvalue weighted by atomic mass is 9.98. The molecule has 0 amide bonds. The quantitative estimate of drug-likeness (QED) is 0.377. The molecule has 0 spiro atoms. The Morgan fingerprint density at radius 2 is 1.70 bits per heavy atom. The van der Waals surface area contributed by atoms with E-state index in [2.05, 4.69) is 5.10 Å². The SMILES string of the molecule is CC(C)n1nc(O[C@@H]2O[C@H](CO)[C@@H](O)[C@H](O)[C@H]2O)c(Cc2ccccc2)c1-c1cccc(C(F)(F)F)c1. The highest BCUT2D eigenvalue weighted by molar-refractivity contribution is 5.68. The first-order valence-electron chi connectivity index (χ1n) is 11.8. The monoisotopic (exact) mass is 522 g/mol. The minimum Gasteiger partial charge on any atom is -0.443 e. The van der Waals surface area contributed by atoms with Crippen molar-refractivity contribution in [2.45, 2.75) is 63.2 Å². The van der Waals surface area contributed by atoms with E-state index in [0.717, 1.165) is 17.7 Å². The van der Waals surface area contributed by atoms with Gasteiger partial charge in [-0.05, 0) is 31.5 Å². The number of benzene rings is 2. The Labute approximate surface area is 211 Å². The zero-order valence-corrected chi connectivity index (χ0v) is 20.2. The van der Waals surface area contributed by atoms with E-state index < -0.39 is 49.1 Å². The smallest absolute Gasteiger partial charge is 0.416 e. The Morgan fingerprint density at radius 3 is 2.32 bits per heavy atom. The number of nitrogens with zero attached hydrogens (tertiary/aromatic N) is 2. The summed E-state index contributed by atoms with van der Waals surface area (Å²) in [6.07, 6.45) is -11.9. The van der Waals surface area contributed by atoms with Crippen LogP contribution in [0.1, 0.15) is 36.6 Å². The first kappa shape index (κ1) is 27.1. The van der Waals surface area contributed by atoms with Crippen LogP contribution in [0.4, 0.5) is 13.2 Å². The Balaban J connectivity index is 1.84. The summed E-state index contributed by atoms with van der Waals surface area (Å²) in [6.45, 7) is 2.99. The highest BCUT2D eigenvalue weighted by Crippen LogP contribution is 2.39. The lowest BCUT2D eigenvalue weighted by molar-refractivity contribution is -0.278. The van der Waals surface area contributed by atoms with Crippen molar-refractivity contribution in [3.8, 4) is 17.1 Å². The molecule has 2 heterocycles. The molecular formula is C26H29F3N2O6. The van der Waals surface area contributed by atoms with Crippen molar-refractivity contribution in [2.24, 2.45) is 0 Å². The van der Waals surface area contributed by atoms with E-state index in [1.807, 2.05) is 44.2 Å². The Morgan fingerprint density at radius 1 is 1.00 bits per heavy atom. The molecule has 0 aliphatic carbocycles. The van der Waals surface area contributed by atoms with Gasteiger partial charge in [0.1, 0.15) is 24.4 Å². The summed E-state index contributed by atoms with van der Waals surface area (Å²) >= 11 is 0. The molecule has 1 aromatic heterocycles. The molecular weight excluding hydrogens is 493 g/mol.